The van der Waals surface area contributed by atoms with Gasteiger partial charge >= 0.3 is 12.0 Å². The summed E-state index contributed by atoms with van der Waals surface area (Å²) in [7, 11) is 0. The number of esters is 1. The first kappa shape index (κ1) is 26.2. The van der Waals surface area contributed by atoms with Crippen molar-refractivity contribution in [2.75, 3.05) is 18.5 Å². The fourth-order valence-electron chi connectivity index (χ4n) is 4.28. The molecule has 7 nitrogen and oxygen atoms in total. The maximum Gasteiger partial charge on any atom is 0.338 e. The van der Waals surface area contributed by atoms with Gasteiger partial charge in [0.05, 0.1) is 29.5 Å². The van der Waals surface area contributed by atoms with Gasteiger partial charge in [-0.2, -0.15) is 0 Å². The molecule has 1 atom stereocenters. The summed E-state index contributed by atoms with van der Waals surface area (Å²) in [6.07, 6.45) is 0.719. The Morgan fingerprint density at radius 3 is 2.30 bits per heavy atom. The van der Waals surface area contributed by atoms with Crippen molar-refractivity contribution < 1.29 is 19.1 Å². The number of anilines is 1. The molecular weight excluding hydrogens is 534 g/mol. The number of nitrogens with zero attached hydrogens (tertiary/aromatic N) is 1. The Morgan fingerprint density at radius 2 is 1.65 bits per heavy atom. The predicted molar refractivity (Wildman–Crippen MR) is 147 cm³/mol. The molecule has 8 heteroatoms. The smallest absolute Gasteiger partial charge is 0.338 e. The molecule has 0 bridgehead atoms. The number of halogens is 1. The number of hydrogen-bond donors (Lipinski definition) is 2. The van der Waals surface area contributed by atoms with Gasteiger partial charge in [-0.25, -0.2) is 9.59 Å². The van der Waals surface area contributed by atoms with E-state index in [9.17, 15) is 14.4 Å². The van der Waals surface area contributed by atoms with Gasteiger partial charge in [-0.15, -0.1) is 0 Å². The van der Waals surface area contributed by atoms with Crippen LogP contribution < -0.4 is 10.6 Å². The van der Waals surface area contributed by atoms with Gasteiger partial charge in [0.25, 0.3) is 5.91 Å². The maximum absolute atomic E-state index is 13.3. The minimum Gasteiger partial charge on any atom is -0.463 e. The first-order valence-electron chi connectivity index (χ1n) is 12.1. The van der Waals surface area contributed by atoms with Crippen molar-refractivity contribution in [3.63, 3.8) is 0 Å². The Morgan fingerprint density at radius 1 is 0.973 bits per heavy atom. The molecule has 1 heterocycles. The van der Waals surface area contributed by atoms with E-state index in [-0.39, 0.29) is 18.5 Å². The van der Waals surface area contributed by atoms with E-state index in [0.29, 0.717) is 39.1 Å². The van der Waals surface area contributed by atoms with Gasteiger partial charge in [-0.3, -0.25) is 9.69 Å². The van der Waals surface area contributed by atoms with E-state index < -0.39 is 12.0 Å². The summed E-state index contributed by atoms with van der Waals surface area (Å²) < 4.78 is 6.14. The van der Waals surface area contributed by atoms with E-state index in [2.05, 4.69) is 26.6 Å². The summed E-state index contributed by atoms with van der Waals surface area (Å²) in [5.41, 5.74) is 3.47. The van der Waals surface area contributed by atoms with Gasteiger partial charge in [-0.1, -0.05) is 61.5 Å². The van der Waals surface area contributed by atoms with Crippen LogP contribution in [0.5, 0.6) is 0 Å². The van der Waals surface area contributed by atoms with E-state index in [1.165, 1.54) is 0 Å². The van der Waals surface area contributed by atoms with E-state index in [1.54, 1.807) is 54.3 Å². The Balaban J connectivity index is 1.73. The van der Waals surface area contributed by atoms with Crippen molar-refractivity contribution in [2.45, 2.75) is 26.3 Å². The second-order valence-corrected chi connectivity index (χ2v) is 9.29. The lowest BCUT2D eigenvalue weighted by Crippen LogP contribution is -2.48. The molecule has 0 fully saturated rings. The maximum atomic E-state index is 13.3. The molecule has 1 aliphatic rings. The zero-order valence-corrected chi connectivity index (χ0v) is 22.2. The Bertz CT molecular complexity index is 1320. The van der Waals surface area contributed by atoms with Crippen LogP contribution in [0.3, 0.4) is 0 Å². The van der Waals surface area contributed by atoms with Crippen LogP contribution in [0.4, 0.5) is 10.5 Å². The average molecular weight is 562 g/mol. The summed E-state index contributed by atoms with van der Waals surface area (Å²) in [6, 6.07) is 22.6. The highest BCUT2D eigenvalue weighted by atomic mass is 79.9. The lowest BCUT2D eigenvalue weighted by molar-refractivity contribution is -0.138. The van der Waals surface area contributed by atoms with E-state index in [4.69, 9.17) is 4.74 Å². The normalized spacial score (nSPS) is 15.3. The molecule has 3 amide bonds. The van der Waals surface area contributed by atoms with Crippen LogP contribution in [-0.4, -0.2) is 36.0 Å². The highest BCUT2D eigenvalue weighted by Gasteiger charge is 2.38. The third kappa shape index (κ3) is 5.75. The minimum absolute atomic E-state index is 0.207. The molecule has 3 aromatic carbocycles. The minimum atomic E-state index is -0.720. The number of nitrogens with one attached hydrogen (secondary N) is 2. The lowest BCUT2D eigenvalue weighted by Gasteiger charge is -2.36. The molecule has 1 unspecified atom stereocenters. The molecular formula is C29H28BrN3O4. The number of amides is 3. The largest absolute Gasteiger partial charge is 0.463 e. The monoisotopic (exact) mass is 561 g/mol. The molecule has 0 radical (unpaired) electrons. The second-order valence-electron chi connectivity index (χ2n) is 8.44. The molecule has 0 saturated carbocycles. The molecule has 0 aromatic heterocycles. The van der Waals surface area contributed by atoms with E-state index >= 15 is 0 Å². The molecule has 190 valence electrons. The Labute approximate surface area is 224 Å². The van der Waals surface area contributed by atoms with Crippen molar-refractivity contribution in [3.05, 3.63) is 106 Å². The van der Waals surface area contributed by atoms with Crippen LogP contribution in [0.15, 0.2) is 88.9 Å². The number of carbonyl (C=O) groups is 3. The molecule has 2 N–H and O–H groups in total. The van der Waals surface area contributed by atoms with Gasteiger partial charge in [0.2, 0.25) is 0 Å². The first-order chi connectivity index (χ1) is 17.9. The fourth-order valence-corrected chi connectivity index (χ4v) is 4.74. The van der Waals surface area contributed by atoms with Crippen molar-refractivity contribution >= 4 is 45.2 Å². The van der Waals surface area contributed by atoms with Crippen LogP contribution in [-0.2, 0) is 9.53 Å². The second kappa shape index (κ2) is 11.9. The van der Waals surface area contributed by atoms with Crippen molar-refractivity contribution in [2.24, 2.45) is 0 Å². The molecule has 3 aromatic rings. The van der Waals surface area contributed by atoms with Crippen molar-refractivity contribution in [3.8, 4) is 0 Å². The number of carbonyl (C=O) groups excluding carboxylic acids is 3. The molecule has 0 saturated heterocycles. The first-order valence-corrected chi connectivity index (χ1v) is 12.9. The molecule has 4 rings (SSSR count). The van der Waals surface area contributed by atoms with Crippen LogP contribution in [0.25, 0.3) is 5.70 Å². The van der Waals surface area contributed by atoms with Gasteiger partial charge in [0.15, 0.2) is 0 Å². The number of rotatable bonds is 8. The van der Waals surface area contributed by atoms with Crippen molar-refractivity contribution in [1.29, 1.82) is 0 Å². The van der Waals surface area contributed by atoms with E-state index in [0.717, 1.165) is 12.0 Å². The fraction of sp³-hybridized carbons (Fsp3) is 0.207. The van der Waals surface area contributed by atoms with Gasteiger partial charge in [0, 0.05) is 16.7 Å². The number of urea groups is 1. The highest BCUT2D eigenvalue weighted by Crippen LogP contribution is 2.37. The van der Waals surface area contributed by atoms with Crippen molar-refractivity contribution in [1.82, 2.24) is 10.2 Å². The third-order valence-electron chi connectivity index (χ3n) is 5.94. The summed E-state index contributed by atoms with van der Waals surface area (Å²) in [4.78, 5) is 40.9. The van der Waals surface area contributed by atoms with Gasteiger partial charge < -0.3 is 15.4 Å². The van der Waals surface area contributed by atoms with E-state index in [1.807, 2.05) is 43.3 Å². The van der Waals surface area contributed by atoms with Crippen LogP contribution in [0.2, 0.25) is 0 Å². The molecule has 0 spiro atoms. The molecule has 37 heavy (non-hydrogen) atoms. The summed E-state index contributed by atoms with van der Waals surface area (Å²) in [6.45, 7) is 4.39. The molecule has 0 aliphatic carbocycles. The highest BCUT2D eigenvalue weighted by molar-refractivity contribution is 9.10. The van der Waals surface area contributed by atoms with Gasteiger partial charge in [0.1, 0.15) is 0 Å². The van der Waals surface area contributed by atoms with Crippen LogP contribution >= 0.6 is 15.9 Å². The Kier molecular flexibility index (Phi) is 8.40. The Hall–Kier alpha value is -3.91. The number of benzene rings is 3. The summed E-state index contributed by atoms with van der Waals surface area (Å²) in [5.74, 6) is -0.737. The average Bonchev–Trinajstić information content (AvgIpc) is 2.90. The predicted octanol–water partition coefficient (Wildman–Crippen LogP) is 6.15. The number of hydrogen-bond acceptors (Lipinski definition) is 4. The van der Waals surface area contributed by atoms with Crippen LogP contribution in [0.1, 0.15) is 47.8 Å². The zero-order chi connectivity index (χ0) is 26.4. The number of ether oxygens (including phenoxy) is 1. The summed E-state index contributed by atoms with van der Waals surface area (Å²) >= 11 is 3.40. The SMILES string of the molecule is CCCN1C(=O)NC(c2ccc(NC(=O)c3ccccc3Br)cc2)C(C(=O)OCC)=C1c1ccccc1. The van der Waals surface area contributed by atoms with Crippen LogP contribution in [0, 0.1) is 0 Å². The summed E-state index contributed by atoms with van der Waals surface area (Å²) in [5, 5.41) is 5.87. The third-order valence-corrected chi connectivity index (χ3v) is 6.63. The topological polar surface area (TPSA) is 87.7 Å². The lowest BCUT2D eigenvalue weighted by atomic mass is 9.91. The zero-order valence-electron chi connectivity index (χ0n) is 20.7. The molecule has 1 aliphatic heterocycles. The quantitative estimate of drug-likeness (QED) is 0.323. The van der Waals surface area contributed by atoms with Gasteiger partial charge in [-0.05, 0) is 64.7 Å². The standard InChI is InChI=1S/C29H28BrN3O4/c1-3-18-33-26(20-10-6-5-7-11-20)24(28(35)37-4-2)25(32-29(33)36)19-14-16-21(17-15-19)31-27(34)22-12-8-9-13-23(22)30/h5-17,25H,3-4,18H2,1-2H3,(H,31,34)(H,32,36).